The van der Waals surface area contributed by atoms with E-state index in [-0.39, 0.29) is 0 Å². The fourth-order valence-electron chi connectivity index (χ4n) is 3.39. The topological polar surface area (TPSA) is 0 Å². The van der Waals surface area contributed by atoms with Gasteiger partial charge in [0, 0.05) is 0 Å². The van der Waals surface area contributed by atoms with E-state index in [0.717, 1.165) is 11.8 Å². The number of allylic oxidation sites excluding steroid dienone is 1. The fourth-order valence-corrected chi connectivity index (χ4v) is 3.39. The molecule has 0 N–H and O–H groups in total. The zero-order valence-corrected chi connectivity index (χ0v) is 12.1. The first-order chi connectivity index (χ1) is 8.25. The predicted molar refractivity (Wildman–Crippen MR) is 78.3 cm³/mol. The summed E-state index contributed by atoms with van der Waals surface area (Å²) in [6, 6.07) is 0. The largest absolute Gasteiger partial charge is 0.0999 e. The molecule has 0 heteroatoms. The van der Waals surface area contributed by atoms with Crippen LogP contribution in [0.25, 0.3) is 0 Å². The molecule has 0 heterocycles. The molecule has 0 saturated heterocycles. The third kappa shape index (κ3) is 5.75. The molecule has 1 aliphatic carbocycles. The number of hydrogen-bond acceptors (Lipinski definition) is 0. The van der Waals surface area contributed by atoms with Crippen LogP contribution in [0.2, 0.25) is 0 Å². The van der Waals surface area contributed by atoms with Crippen molar-refractivity contribution in [2.24, 2.45) is 11.8 Å². The van der Waals surface area contributed by atoms with Gasteiger partial charge in [0.1, 0.15) is 0 Å². The van der Waals surface area contributed by atoms with E-state index in [9.17, 15) is 0 Å². The molecule has 0 aromatic rings. The van der Waals surface area contributed by atoms with Gasteiger partial charge in [-0.05, 0) is 38.0 Å². The zero-order valence-electron chi connectivity index (χ0n) is 12.1. The monoisotopic (exact) mass is 236 g/mol. The van der Waals surface area contributed by atoms with Gasteiger partial charge in [0.15, 0.2) is 0 Å². The summed E-state index contributed by atoms with van der Waals surface area (Å²) in [7, 11) is 0. The molecule has 1 rings (SSSR count). The molecule has 0 spiro atoms. The average molecular weight is 236 g/mol. The van der Waals surface area contributed by atoms with Gasteiger partial charge in [0.05, 0.1) is 0 Å². The second-order valence-electron chi connectivity index (χ2n) is 6.05. The van der Waals surface area contributed by atoms with Crippen LogP contribution in [0.5, 0.6) is 0 Å². The molecule has 0 bridgehead atoms. The van der Waals surface area contributed by atoms with Crippen molar-refractivity contribution in [2.45, 2.75) is 84.5 Å². The van der Waals surface area contributed by atoms with Crippen molar-refractivity contribution >= 4 is 0 Å². The summed E-state index contributed by atoms with van der Waals surface area (Å²) in [6.45, 7) is 8.79. The SMILES string of the molecule is C=C(C)C(CCCCCCC)C1CCCCC1. The van der Waals surface area contributed by atoms with Crippen molar-refractivity contribution in [3.63, 3.8) is 0 Å². The number of rotatable bonds is 8. The van der Waals surface area contributed by atoms with Gasteiger partial charge in [0.25, 0.3) is 0 Å². The van der Waals surface area contributed by atoms with Crippen LogP contribution in [-0.2, 0) is 0 Å². The van der Waals surface area contributed by atoms with E-state index in [4.69, 9.17) is 0 Å². The minimum absolute atomic E-state index is 0.830. The third-order valence-electron chi connectivity index (χ3n) is 4.47. The van der Waals surface area contributed by atoms with Crippen molar-refractivity contribution in [3.05, 3.63) is 12.2 Å². The van der Waals surface area contributed by atoms with Gasteiger partial charge >= 0.3 is 0 Å². The lowest BCUT2D eigenvalue weighted by Gasteiger charge is -2.31. The molecule has 17 heavy (non-hydrogen) atoms. The maximum Gasteiger partial charge on any atom is -0.0180 e. The lowest BCUT2D eigenvalue weighted by molar-refractivity contribution is 0.260. The lowest BCUT2D eigenvalue weighted by Crippen LogP contribution is -2.18. The minimum Gasteiger partial charge on any atom is -0.0999 e. The van der Waals surface area contributed by atoms with Crippen LogP contribution in [0.4, 0.5) is 0 Å². The molecule has 1 aliphatic rings. The van der Waals surface area contributed by atoms with Crippen LogP contribution < -0.4 is 0 Å². The highest BCUT2D eigenvalue weighted by molar-refractivity contribution is 4.99. The second-order valence-corrected chi connectivity index (χ2v) is 6.05. The van der Waals surface area contributed by atoms with Crippen molar-refractivity contribution in [1.29, 1.82) is 0 Å². The number of unbranched alkanes of at least 4 members (excludes halogenated alkanes) is 4. The van der Waals surface area contributed by atoms with Gasteiger partial charge in [-0.2, -0.15) is 0 Å². The average Bonchev–Trinajstić information content (AvgIpc) is 2.34. The summed E-state index contributed by atoms with van der Waals surface area (Å²) in [5, 5.41) is 0. The molecule has 1 atom stereocenters. The Bertz CT molecular complexity index is 198. The number of hydrogen-bond donors (Lipinski definition) is 0. The highest BCUT2D eigenvalue weighted by atomic mass is 14.3. The maximum atomic E-state index is 4.25. The van der Waals surface area contributed by atoms with Gasteiger partial charge in [-0.3, -0.25) is 0 Å². The quantitative estimate of drug-likeness (QED) is 0.352. The normalized spacial score (nSPS) is 19.2. The van der Waals surface area contributed by atoms with Crippen LogP contribution in [0.3, 0.4) is 0 Å². The highest BCUT2D eigenvalue weighted by Gasteiger charge is 2.23. The Kier molecular flexibility index (Phi) is 7.64. The molecule has 0 amide bonds. The Morgan fingerprint density at radius 1 is 1.06 bits per heavy atom. The van der Waals surface area contributed by atoms with Crippen LogP contribution in [-0.4, -0.2) is 0 Å². The van der Waals surface area contributed by atoms with E-state index in [1.807, 2.05) is 0 Å². The predicted octanol–water partition coefficient (Wildman–Crippen LogP) is 6.12. The van der Waals surface area contributed by atoms with E-state index in [1.54, 1.807) is 0 Å². The van der Waals surface area contributed by atoms with Crippen molar-refractivity contribution in [2.75, 3.05) is 0 Å². The first-order valence-electron chi connectivity index (χ1n) is 7.91. The third-order valence-corrected chi connectivity index (χ3v) is 4.47. The molecular formula is C17H32. The van der Waals surface area contributed by atoms with E-state index in [2.05, 4.69) is 20.4 Å². The lowest BCUT2D eigenvalue weighted by atomic mass is 9.75. The summed E-state index contributed by atoms with van der Waals surface area (Å²) in [4.78, 5) is 0. The molecule has 0 aromatic carbocycles. The Morgan fingerprint density at radius 3 is 2.29 bits per heavy atom. The first-order valence-corrected chi connectivity index (χ1v) is 7.91. The molecule has 100 valence electrons. The van der Waals surface area contributed by atoms with Crippen LogP contribution in [0, 0.1) is 11.8 Å². The van der Waals surface area contributed by atoms with Gasteiger partial charge in [-0.25, -0.2) is 0 Å². The molecule has 0 aromatic heterocycles. The molecule has 1 unspecified atom stereocenters. The second kappa shape index (κ2) is 8.78. The molecular weight excluding hydrogens is 204 g/mol. The summed E-state index contributed by atoms with van der Waals surface area (Å²) >= 11 is 0. The van der Waals surface area contributed by atoms with Gasteiger partial charge in [-0.15, -0.1) is 0 Å². The Labute approximate surface area is 109 Å². The molecule has 0 radical (unpaired) electrons. The minimum atomic E-state index is 0.830. The Balaban J connectivity index is 2.25. The Hall–Kier alpha value is -0.260. The fraction of sp³-hybridized carbons (Fsp3) is 0.882. The van der Waals surface area contributed by atoms with Crippen LogP contribution in [0.15, 0.2) is 12.2 Å². The van der Waals surface area contributed by atoms with E-state index in [1.165, 1.54) is 76.2 Å². The van der Waals surface area contributed by atoms with Crippen LogP contribution in [0.1, 0.15) is 84.5 Å². The maximum absolute atomic E-state index is 4.25. The summed E-state index contributed by atoms with van der Waals surface area (Å²) in [5.41, 5.74) is 1.45. The molecule has 1 fully saturated rings. The molecule has 0 nitrogen and oxygen atoms in total. The smallest absolute Gasteiger partial charge is 0.0180 e. The van der Waals surface area contributed by atoms with Crippen molar-refractivity contribution in [1.82, 2.24) is 0 Å². The van der Waals surface area contributed by atoms with E-state index >= 15 is 0 Å². The zero-order chi connectivity index (χ0) is 12.5. The first kappa shape index (κ1) is 14.8. The standard InChI is InChI=1S/C17H32/c1-4-5-6-7-11-14-17(15(2)3)16-12-9-8-10-13-16/h16-17H,2,4-14H2,1,3H3. The highest BCUT2D eigenvalue weighted by Crippen LogP contribution is 2.36. The van der Waals surface area contributed by atoms with Crippen LogP contribution >= 0.6 is 0 Å². The van der Waals surface area contributed by atoms with Crippen molar-refractivity contribution < 1.29 is 0 Å². The molecule has 0 aliphatic heterocycles. The Morgan fingerprint density at radius 2 is 1.71 bits per heavy atom. The summed E-state index contributed by atoms with van der Waals surface area (Å²) < 4.78 is 0. The van der Waals surface area contributed by atoms with Gasteiger partial charge < -0.3 is 0 Å². The summed E-state index contributed by atoms with van der Waals surface area (Å²) in [5.74, 6) is 1.80. The van der Waals surface area contributed by atoms with E-state index < -0.39 is 0 Å². The summed E-state index contributed by atoms with van der Waals surface area (Å²) in [6.07, 6.45) is 15.8. The van der Waals surface area contributed by atoms with E-state index in [0.29, 0.717) is 0 Å². The van der Waals surface area contributed by atoms with Gasteiger partial charge in [-0.1, -0.05) is 70.4 Å². The van der Waals surface area contributed by atoms with Gasteiger partial charge in [0.2, 0.25) is 0 Å². The molecule has 1 saturated carbocycles. The van der Waals surface area contributed by atoms with Crippen molar-refractivity contribution in [3.8, 4) is 0 Å².